The van der Waals surface area contributed by atoms with Gasteiger partial charge >= 0.3 is 12.2 Å². The molecule has 0 unspecified atom stereocenters. The van der Waals surface area contributed by atoms with Crippen LogP contribution in [0.5, 0.6) is 0 Å². The molecule has 0 saturated heterocycles. The maximum Gasteiger partial charge on any atom is 0.411 e. The Morgan fingerprint density at radius 2 is 1.21 bits per heavy atom. The molecule has 6 nitrogen and oxygen atoms in total. The van der Waals surface area contributed by atoms with Crippen molar-refractivity contribution in [3.05, 3.63) is 36.4 Å². The number of halogens is 2. The lowest BCUT2D eigenvalue weighted by Crippen LogP contribution is -2.16. The number of carbonyl (C=O) groups excluding carboxylic acids is 2. The second-order valence-electron chi connectivity index (χ2n) is 4.61. The van der Waals surface area contributed by atoms with E-state index in [1.165, 1.54) is 0 Å². The smallest absolute Gasteiger partial charge is 0.411 e. The molecule has 2 N–H and O–H groups in total. The topological polar surface area (TPSA) is 76.7 Å². The molecule has 2 aromatic rings. The van der Waals surface area contributed by atoms with Crippen LogP contribution in [0.3, 0.4) is 0 Å². The molecule has 0 spiro atoms. The van der Waals surface area contributed by atoms with E-state index < -0.39 is 12.2 Å². The number of hydrogen-bond donors (Lipinski definition) is 2. The first-order valence-electron chi connectivity index (χ1n) is 7.17. The Kier molecular flexibility index (Phi) is 6.96. The number of rotatable bonds is 6. The predicted octanol–water partition coefficient (Wildman–Crippen LogP) is 4.41. The highest BCUT2D eigenvalue weighted by molar-refractivity contribution is 6.18. The lowest BCUT2D eigenvalue weighted by atomic mass is 10.1. The molecule has 2 amide bonds. The Bertz CT molecular complexity index is 663. The number of ether oxygens (including phenoxy) is 2. The molecule has 0 aliphatic rings. The largest absolute Gasteiger partial charge is 0.448 e. The van der Waals surface area contributed by atoms with Gasteiger partial charge in [-0.1, -0.05) is 24.3 Å². The van der Waals surface area contributed by atoms with Crippen molar-refractivity contribution in [3.63, 3.8) is 0 Å². The van der Waals surface area contributed by atoms with Crippen molar-refractivity contribution >= 4 is 57.5 Å². The summed E-state index contributed by atoms with van der Waals surface area (Å²) in [5.74, 6) is 0.447. The van der Waals surface area contributed by atoms with Gasteiger partial charge in [-0.25, -0.2) is 9.59 Å². The van der Waals surface area contributed by atoms with Crippen LogP contribution in [0.2, 0.25) is 0 Å². The number of carbonyl (C=O) groups is 2. The summed E-state index contributed by atoms with van der Waals surface area (Å²) in [5, 5.41) is 6.80. The number of alkyl halides is 2. The average molecular weight is 371 g/mol. The standard InChI is InChI=1S/C16H16Cl2N2O4/c17-7-9-23-15(21)19-13-5-1-3-11-12(13)4-2-6-14(11)20-16(22)24-10-8-18/h1-6H,7-10H2,(H,19,21)(H,20,22). The fourth-order valence-corrected chi connectivity index (χ4v) is 2.24. The third kappa shape index (κ3) is 4.91. The molecule has 0 fully saturated rings. The maximum atomic E-state index is 11.7. The molecule has 128 valence electrons. The Morgan fingerprint density at radius 1 is 0.792 bits per heavy atom. The van der Waals surface area contributed by atoms with Crippen molar-refractivity contribution in [2.75, 3.05) is 35.6 Å². The van der Waals surface area contributed by atoms with Gasteiger partial charge < -0.3 is 9.47 Å². The van der Waals surface area contributed by atoms with E-state index in [0.717, 1.165) is 10.8 Å². The minimum absolute atomic E-state index is 0.122. The van der Waals surface area contributed by atoms with Crippen molar-refractivity contribution in [1.82, 2.24) is 0 Å². The van der Waals surface area contributed by atoms with Gasteiger partial charge in [0.15, 0.2) is 0 Å². The van der Waals surface area contributed by atoms with Crippen molar-refractivity contribution in [2.24, 2.45) is 0 Å². The van der Waals surface area contributed by atoms with E-state index in [0.29, 0.717) is 11.4 Å². The van der Waals surface area contributed by atoms with Crippen LogP contribution in [-0.2, 0) is 9.47 Å². The van der Waals surface area contributed by atoms with Gasteiger partial charge in [0.1, 0.15) is 13.2 Å². The summed E-state index contributed by atoms with van der Waals surface area (Å²) in [6, 6.07) is 10.6. The first-order valence-corrected chi connectivity index (χ1v) is 8.24. The van der Waals surface area contributed by atoms with Gasteiger partial charge in [0.05, 0.1) is 23.1 Å². The monoisotopic (exact) mass is 370 g/mol. The molecule has 0 bridgehead atoms. The lowest BCUT2D eigenvalue weighted by molar-refractivity contribution is 0.167. The third-order valence-corrected chi connectivity index (χ3v) is 3.32. The molecule has 0 saturated carbocycles. The Labute approximate surface area is 149 Å². The molecule has 2 rings (SSSR count). The minimum Gasteiger partial charge on any atom is -0.448 e. The summed E-state index contributed by atoms with van der Waals surface area (Å²) in [6.07, 6.45) is -1.19. The summed E-state index contributed by atoms with van der Waals surface area (Å²) in [4.78, 5) is 23.4. The lowest BCUT2D eigenvalue weighted by Gasteiger charge is -2.12. The summed E-state index contributed by atoms with van der Waals surface area (Å²) in [6.45, 7) is 0.245. The zero-order valence-corrected chi connectivity index (χ0v) is 14.2. The SMILES string of the molecule is O=C(Nc1cccc2c(NC(=O)OCCCl)cccc12)OCCCl. The number of anilines is 2. The summed E-state index contributed by atoms with van der Waals surface area (Å²) < 4.78 is 9.80. The summed E-state index contributed by atoms with van der Waals surface area (Å²) in [7, 11) is 0. The van der Waals surface area contributed by atoms with Crippen LogP contribution in [0.25, 0.3) is 10.8 Å². The molecule has 0 aromatic heterocycles. The van der Waals surface area contributed by atoms with Crippen LogP contribution in [0, 0.1) is 0 Å². The van der Waals surface area contributed by atoms with E-state index in [1.54, 1.807) is 24.3 Å². The van der Waals surface area contributed by atoms with E-state index in [-0.39, 0.29) is 25.0 Å². The van der Waals surface area contributed by atoms with Crippen molar-refractivity contribution in [1.29, 1.82) is 0 Å². The van der Waals surface area contributed by atoms with Crippen molar-refractivity contribution in [2.45, 2.75) is 0 Å². The van der Waals surface area contributed by atoms with Crippen LogP contribution in [0.1, 0.15) is 0 Å². The zero-order valence-electron chi connectivity index (χ0n) is 12.7. The molecule has 0 heterocycles. The summed E-state index contributed by atoms with van der Waals surface area (Å²) >= 11 is 11.0. The van der Waals surface area contributed by atoms with Crippen LogP contribution in [0.15, 0.2) is 36.4 Å². The average Bonchev–Trinajstić information content (AvgIpc) is 2.59. The molecule has 0 radical (unpaired) electrons. The predicted molar refractivity (Wildman–Crippen MR) is 95.3 cm³/mol. The quantitative estimate of drug-likeness (QED) is 0.738. The van der Waals surface area contributed by atoms with E-state index in [1.807, 2.05) is 12.1 Å². The molecule has 24 heavy (non-hydrogen) atoms. The van der Waals surface area contributed by atoms with Crippen molar-refractivity contribution in [3.8, 4) is 0 Å². The zero-order chi connectivity index (χ0) is 17.4. The highest BCUT2D eigenvalue weighted by Crippen LogP contribution is 2.29. The van der Waals surface area contributed by atoms with Crippen LogP contribution >= 0.6 is 23.2 Å². The van der Waals surface area contributed by atoms with E-state index in [4.69, 9.17) is 32.7 Å². The highest BCUT2D eigenvalue weighted by Gasteiger charge is 2.10. The normalized spacial score (nSPS) is 10.2. The van der Waals surface area contributed by atoms with Crippen LogP contribution in [0.4, 0.5) is 21.0 Å². The number of fused-ring (bicyclic) bond motifs is 1. The first-order chi connectivity index (χ1) is 11.7. The van der Waals surface area contributed by atoms with Gasteiger partial charge in [0.25, 0.3) is 0 Å². The highest BCUT2D eigenvalue weighted by atomic mass is 35.5. The molecule has 0 aliphatic heterocycles. The van der Waals surface area contributed by atoms with Gasteiger partial charge in [-0.15, -0.1) is 23.2 Å². The van der Waals surface area contributed by atoms with E-state index >= 15 is 0 Å². The Balaban J connectivity index is 2.22. The fraction of sp³-hybridized carbons (Fsp3) is 0.250. The molecule has 2 aromatic carbocycles. The van der Waals surface area contributed by atoms with Crippen molar-refractivity contribution < 1.29 is 19.1 Å². The van der Waals surface area contributed by atoms with E-state index in [9.17, 15) is 9.59 Å². The molecule has 0 aliphatic carbocycles. The molecule has 8 heteroatoms. The van der Waals surface area contributed by atoms with Crippen LogP contribution < -0.4 is 10.6 Å². The molecule has 0 atom stereocenters. The number of nitrogens with one attached hydrogen (secondary N) is 2. The van der Waals surface area contributed by atoms with Gasteiger partial charge in [0.2, 0.25) is 0 Å². The number of amides is 2. The molecular weight excluding hydrogens is 355 g/mol. The molecular formula is C16H16Cl2N2O4. The first kappa shape index (κ1) is 18.2. The number of hydrogen-bond acceptors (Lipinski definition) is 4. The second kappa shape index (κ2) is 9.20. The number of benzene rings is 2. The van der Waals surface area contributed by atoms with Gasteiger partial charge in [-0.3, -0.25) is 10.6 Å². The van der Waals surface area contributed by atoms with Gasteiger partial charge in [0, 0.05) is 10.8 Å². The maximum absolute atomic E-state index is 11.7. The van der Waals surface area contributed by atoms with Gasteiger partial charge in [-0.2, -0.15) is 0 Å². The summed E-state index contributed by atoms with van der Waals surface area (Å²) in [5.41, 5.74) is 1.12. The fourth-order valence-electron chi connectivity index (χ4n) is 2.08. The third-order valence-electron chi connectivity index (χ3n) is 3.02. The van der Waals surface area contributed by atoms with E-state index in [2.05, 4.69) is 10.6 Å². The second-order valence-corrected chi connectivity index (χ2v) is 5.36. The van der Waals surface area contributed by atoms with Crippen LogP contribution in [-0.4, -0.2) is 37.2 Å². The van der Waals surface area contributed by atoms with Gasteiger partial charge in [-0.05, 0) is 12.1 Å². The Hall–Kier alpha value is -2.18. The minimum atomic E-state index is -0.594. The Morgan fingerprint density at radius 3 is 1.58 bits per heavy atom.